The molecular weight excluding hydrogens is 1850 g/mol. The van der Waals surface area contributed by atoms with E-state index in [4.69, 9.17) is 114 Å². The van der Waals surface area contributed by atoms with Crippen molar-refractivity contribution >= 4 is 35.8 Å². The maximum absolute atomic E-state index is 15.1. The van der Waals surface area contributed by atoms with Crippen LogP contribution in [0.25, 0.3) is 0 Å². The minimum absolute atomic E-state index is 0.0921. The predicted molar refractivity (Wildman–Crippen MR) is 524 cm³/mol. The Hall–Kier alpha value is -7.14. The molecule has 798 valence electrons. The monoisotopic (exact) mass is 2010 g/mol. The van der Waals surface area contributed by atoms with Crippen LogP contribution in [0, 0.1) is 52.6 Å². The molecule has 10 heterocycles. The van der Waals surface area contributed by atoms with Gasteiger partial charge in [-0.25, -0.2) is 19.2 Å². The first-order valence-corrected chi connectivity index (χ1v) is 51.4. The van der Waals surface area contributed by atoms with E-state index in [1.807, 2.05) is 141 Å². The molecule has 0 amide bonds. The summed E-state index contributed by atoms with van der Waals surface area (Å²) >= 11 is 0. The molecule has 143 heavy (non-hydrogen) atoms. The number of nitrogens with zero attached hydrogens (tertiary/aromatic N) is 2. The minimum atomic E-state index is -1.29. The third-order valence-corrected chi connectivity index (χ3v) is 32.0. The first kappa shape index (κ1) is 113. The third kappa shape index (κ3) is 25.0. The number of epoxide rings is 2. The molecule has 33 heteroatoms. The van der Waals surface area contributed by atoms with Gasteiger partial charge in [-0.15, -0.1) is 0 Å². The van der Waals surface area contributed by atoms with Crippen LogP contribution >= 0.6 is 0 Å². The van der Waals surface area contributed by atoms with Gasteiger partial charge < -0.3 is 128 Å². The van der Waals surface area contributed by atoms with Crippen molar-refractivity contribution in [1.82, 2.24) is 4.90 Å². The van der Waals surface area contributed by atoms with Gasteiger partial charge in [-0.05, 0) is 203 Å². The number of hydroxylamine groups is 3. The molecule has 10 aliphatic rings. The molecule has 14 rings (SSSR count). The van der Waals surface area contributed by atoms with Gasteiger partial charge >= 0.3 is 35.8 Å². The molecule has 4 bridgehead atoms. The number of ether oxygens (including phenoxy) is 24. The van der Waals surface area contributed by atoms with Gasteiger partial charge in [0, 0.05) is 71.4 Å². The highest BCUT2D eigenvalue weighted by molar-refractivity contribution is 5.91. The largest absolute Gasteiger partial charge is 0.633 e. The molecular formula is C110H162N2O31. The molecule has 10 saturated heterocycles. The van der Waals surface area contributed by atoms with Crippen LogP contribution in [-0.2, 0) is 123 Å². The number of carbonyl (C=O) groups excluding carboxylic acids is 6. The molecule has 10 fully saturated rings. The van der Waals surface area contributed by atoms with E-state index >= 15 is 9.59 Å². The molecule has 33 nitrogen and oxygen atoms in total. The molecule has 0 radical (unpaired) electrons. The number of fused-ring (bicyclic) bond motifs is 6. The van der Waals surface area contributed by atoms with Crippen LogP contribution in [0.15, 0.2) is 121 Å². The summed E-state index contributed by atoms with van der Waals surface area (Å²) in [6.07, 6.45) is -14.7. The number of carbonyl (C=O) groups is 6. The Morgan fingerprint density at radius 3 is 1.03 bits per heavy atom. The van der Waals surface area contributed by atoms with Crippen LogP contribution in [0.2, 0.25) is 0 Å². The maximum Gasteiger partial charge on any atom is 0.338 e. The minimum Gasteiger partial charge on any atom is -0.633 e. The van der Waals surface area contributed by atoms with Gasteiger partial charge in [0.2, 0.25) is 12.4 Å². The lowest BCUT2D eigenvalue weighted by atomic mass is 9.73. The third-order valence-electron chi connectivity index (χ3n) is 32.0. The molecule has 10 aliphatic heterocycles. The van der Waals surface area contributed by atoms with Gasteiger partial charge in [-0.2, -0.15) is 0 Å². The summed E-state index contributed by atoms with van der Waals surface area (Å²) in [5, 5.41) is 14.1. The second kappa shape index (κ2) is 45.7. The zero-order valence-electron chi connectivity index (χ0n) is 89.6. The number of likely N-dealkylation sites (N-methyl/N-ethyl adjacent to an activating group) is 2. The van der Waals surface area contributed by atoms with Gasteiger partial charge in [0.1, 0.15) is 41.7 Å². The summed E-state index contributed by atoms with van der Waals surface area (Å²) in [5.41, 5.74) is -4.91. The molecule has 38 atom stereocenters. The van der Waals surface area contributed by atoms with Crippen molar-refractivity contribution in [1.29, 1.82) is 0 Å². The number of quaternary nitrogens is 1. The van der Waals surface area contributed by atoms with Gasteiger partial charge in [0.25, 0.3) is 0 Å². The Kier molecular flexibility index (Phi) is 36.1. The number of esters is 6. The SMILES string of the molecule is CC[C@H]1OC(=O)[C@H](C)[C@@H](OC2C[C@@](C)(OC)[C@@H](OC(=O)c3ccccc3)[C@H](C)O2)[C@H](C)[C@@H](OC2O[C@H](C)C[C@H](N(C)C)[C@H]2OC(=O)c2ccccc2)[C@@](C)(OC)C[C@@H](C)[C@@H]2OC(C)(C)O[C@H]([C@H]2C)[C@@]12CO2.CC[C@H]1OC(=O)[C@H](C)[C@@H](OC2C[C@@](C)(OC)[C@@H](OC(=O)c3ccccc3)[C@H](C)O2)[C@H](C)[C@@H](OC2O[C@H](C)C[C@H]([N+](C)(C)[O-])[C@H]2OC(=O)c2ccccc2)[C@@](C)(OC)C[C@@H](C)[C@@H]2OC(C)(C)O[C@H]([C@H]2C)[C@@]12CO2. The van der Waals surface area contributed by atoms with E-state index < -0.39 is 238 Å². The van der Waals surface area contributed by atoms with E-state index in [0.717, 1.165) is 0 Å². The number of cyclic esters (lactones) is 2. The molecule has 0 aromatic heterocycles. The Labute approximate surface area is 845 Å². The van der Waals surface area contributed by atoms with E-state index in [2.05, 4.69) is 27.7 Å². The first-order chi connectivity index (χ1) is 67.3. The summed E-state index contributed by atoms with van der Waals surface area (Å²) in [6, 6.07) is 33.8. The topological polar surface area (TPSA) is 357 Å². The van der Waals surface area contributed by atoms with Crippen molar-refractivity contribution < 1.29 is 147 Å². The number of hydrogen-bond donors (Lipinski definition) is 0. The lowest BCUT2D eigenvalue weighted by molar-refractivity contribution is -0.874. The van der Waals surface area contributed by atoms with Gasteiger partial charge in [-0.1, -0.05) is 128 Å². The lowest BCUT2D eigenvalue weighted by Gasteiger charge is -2.53. The number of methoxy groups -OCH3 is 4. The Bertz CT molecular complexity index is 4850. The standard InChI is InChI=1S/C55H81NO16.C55H81NO15/c1-16-40-55(30-63-55)46-33(4)42(71-52(8,9)72-46)31(2)28-53(10,61-14)45(70-51-44(39(56(12,13)60)27-32(3)64-51)68-49(58)37-23-19-17-20-24-37)34(5)43(35(6)48(57)66-40)67-41-29-54(11,62-15)47(36(7)65-41)69-50(59)38-25-21-18-22-26-38;1-16-40-55(30-62-55)46-33(4)42(70-52(8,9)71-46)31(2)28-53(10,60-14)45(69-51-44(39(56(12)13)27-32(3)63-51)67-49(58)37-23-19-17-20-24-37)34(5)43(35(6)48(57)65-40)66-41-29-54(11,61-15)47(36(7)64-41)68-50(59)38-25-21-18-22-26-38/h17-26,31-36,39-47,51H,16,27-30H2,1-15H3;17-26,31-36,39-47,51H,16,27-30H2,1-15H3/t2*31-,32-,33+,34+,35-,36+,39+,40-,41?,42+,43+,44-,45-,46-,47+,51?,53+,54-,55-/m11/s1. The first-order valence-electron chi connectivity index (χ1n) is 51.4. The quantitative estimate of drug-likeness (QED) is 0.0207. The van der Waals surface area contributed by atoms with E-state index in [0.29, 0.717) is 67.6 Å². The highest BCUT2D eigenvalue weighted by Gasteiger charge is 2.69. The molecule has 0 saturated carbocycles. The van der Waals surface area contributed by atoms with Gasteiger partial charge in [0.15, 0.2) is 60.0 Å². The van der Waals surface area contributed by atoms with Crippen molar-refractivity contribution in [2.45, 2.75) is 396 Å². The lowest BCUT2D eigenvalue weighted by Crippen LogP contribution is -2.64. The Balaban J connectivity index is 0.000000240. The van der Waals surface area contributed by atoms with E-state index in [9.17, 15) is 24.4 Å². The molecule has 2 spiro atoms. The normalized spacial score (nSPS) is 41.8. The molecule has 4 aromatic carbocycles. The fourth-order valence-electron chi connectivity index (χ4n) is 24.0. The van der Waals surface area contributed by atoms with Gasteiger partial charge in [-0.3, -0.25) is 9.59 Å². The van der Waals surface area contributed by atoms with Crippen molar-refractivity contribution in [2.75, 3.05) is 69.8 Å². The van der Waals surface area contributed by atoms with Crippen LogP contribution in [0.3, 0.4) is 0 Å². The van der Waals surface area contributed by atoms with E-state index in [1.165, 1.54) is 14.1 Å². The average molecular weight is 2010 g/mol. The summed E-state index contributed by atoms with van der Waals surface area (Å²) in [6.45, 7) is 43.1. The molecule has 4 aromatic rings. The zero-order valence-corrected chi connectivity index (χ0v) is 89.6. The van der Waals surface area contributed by atoms with Crippen LogP contribution in [0.5, 0.6) is 0 Å². The fraction of sp³-hybridized carbons (Fsp3) is 0.727. The zero-order chi connectivity index (χ0) is 105. The Morgan fingerprint density at radius 2 is 0.720 bits per heavy atom. The number of benzene rings is 4. The maximum atomic E-state index is 15.1. The summed E-state index contributed by atoms with van der Waals surface area (Å²) in [7, 11) is 13.3. The van der Waals surface area contributed by atoms with Crippen molar-refractivity contribution in [2.24, 2.45) is 47.3 Å². The van der Waals surface area contributed by atoms with Gasteiger partial charge in [0.05, 0.1) is 140 Å². The fourth-order valence-corrected chi connectivity index (χ4v) is 24.0. The Morgan fingerprint density at radius 1 is 0.406 bits per heavy atom. The molecule has 0 N–H and O–H groups in total. The second-order valence-electron chi connectivity index (χ2n) is 44.4. The highest BCUT2D eigenvalue weighted by atomic mass is 16.8. The van der Waals surface area contributed by atoms with Crippen molar-refractivity contribution in [3.8, 4) is 0 Å². The molecule has 0 aliphatic carbocycles. The van der Waals surface area contributed by atoms with Crippen LogP contribution in [-0.4, -0.2) is 308 Å². The summed E-state index contributed by atoms with van der Waals surface area (Å²) < 4.78 is 159. The van der Waals surface area contributed by atoms with Crippen LogP contribution in [0.4, 0.5) is 0 Å². The van der Waals surface area contributed by atoms with E-state index in [1.54, 1.807) is 152 Å². The number of hydrogen-bond acceptors (Lipinski definition) is 32. The van der Waals surface area contributed by atoms with Crippen molar-refractivity contribution in [3.63, 3.8) is 0 Å². The highest BCUT2D eigenvalue weighted by Crippen LogP contribution is 2.55. The summed E-state index contributed by atoms with van der Waals surface area (Å²) in [5.74, 6) is -9.46. The second-order valence-corrected chi connectivity index (χ2v) is 44.4. The van der Waals surface area contributed by atoms with Crippen LogP contribution in [0.1, 0.15) is 245 Å². The smallest absolute Gasteiger partial charge is 0.338 e. The number of rotatable bonds is 24. The molecule has 4 unspecified atom stereocenters. The summed E-state index contributed by atoms with van der Waals surface area (Å²) in [4.78, 5) is 87.0. The van der Waals surface area contributed by atoms with Crippen molar-refractivity contribution in [3.05, 3.63) is 149 Å². The average Bonchev–Trinajstić information content (AvgIpc) is 1.61. The predicted octanol–water partition coefficient (Wildman–Crippen LogP) is 15.6. The van der Waals surface area contributed by atoms with E-state index in [-0.39, 0.29) is 61.2 Å². The van der Waals surface area contributed by atoms with Crippen LogP contribution < -0.4 is 0 Å².